The van der Waals surface area contributed by atoms with Crippen molar-refractivity contribution in [2.75, 3.05) is 11.9 Å². The van der Waals surface area contributed by atoms with Crippen LogP contribution in [0, 0.1) is 0 Å². The van der Waals surface area contributed by atoms with Gasteiger partial charge in [0.25, 0.3) is 0 Å². The Hall–Kier alpha value is -1.13. The highest BCUT2D eigenvalue weighted by Crippen LogP contribution is 2.25. The average Bonchev–Trinajstić information content (AvgIpc) is 2.41. The molecule has 0 bridgehead atoms. The molecule has 0 aliphatic heterocycles. The van der Waals surface area contributed by atoms with E-state index in [0.717, 1.165) is 11.0 Å². The van der Waals surface area contributed by atoms with Crippen LogP contribution >= 0.6 is 27.5 Å². The number of halogens is 2. The topological polar surface area (TPSA) is 37.8 Å². The first-order valence-electron chi connectivity index (χ1n) is 5.96. The van der Waals surface area contributed by atoms with Crippen molar-refractivity contribution < 1.29 is 0 Å². The molecule has 5 heteroatoms. The minimum absolute atomic E-state index is 0.00186. The molecule has 0 amide bonds. The Kier molecular flexibility index (Phi) is 4.42. The zero-order valence-electron chi connectivity index (χ0n) is 10.8. The minimum Gasteiger partial charge on any atom is -0.368 e. The minimum atomic E-state index is -0.00186. The van der Waals surface area contributed by atoms with Gasteiger partial charge in [0.15, 0.2) is 0 Å². The highest BCUT2D eigenvalue weighted by atomic mass is 79.9. The Morgan fingerprint density at radius 1 is 1.26 bits per heavy atom. The fraction of sp³-hybridized carbons (Fsp3) is 0.286. The van der Waals surface area contributed by atoms with E-state index < -0.39 is 0 Å². The standard InChI is InChI=1S/C14H15BrClN3/c1-14(2,10-6-4-3-5-7-10)9-18-12-11(15)8-17-13(16)19-12/h3-8H,9H2,1-2H3,(H,17,18,19). The second-order valence-electron chi connectivity index (χ2n) is 4.94. The van der Waals surface area contributed by atoms with Gasteiger partial charge in [0.2, 0.25) is 5.28 Å². The van der Waals surface area contributed by atoms with Gasteiger partial charge in [-0.15, -0.1) is 0 Å². The Morgan fingerprint density at radius 3 is 2.63 bits per heavy atom. The molecule has 1 aromatic carbocycles. The van der Waals surface area contributed by atoms with Gasteiger partial charge in [-0.3, -0.25) is 0 Å². The maximum absolute atomic E-state index is 5.80. The molecule has 1 heterocycles. The van der Waals surface area contributed by atoms with Crippen LogP contribution in [0.5, 0.6) is 0 Å². The summed E-state index contributed by atoms with van der Waals surface area (Å²) in [7, 11) is 0. The lowest BCUT2D eigenvalue weighted by Gasteiger charge is -2.26. The molecule has 2 aromatic rings. The second-order valence-corrected chi connectivity index (χ2v) is 6.13. The fourth-order valence-corrected chi connectivity index (χ4v) is 2.23. The predicted molar refractivity (Wildman–Crippen MR) is 82.7 cm³/mol. The van der Waals surface area contributed by atoms with Crippen molar-refractivity contribution in [3.63, 3.8) is 0 Å². The summed E-state index contributed by atoms with van der Waals surface area (Å²) in [6, 6.07) is 10.4. The van der Waals surface area contributed by atoms with Crippen LogP contribution in [-0.4, -0.2) is 16.5 Å². The number of anilines is 1. The third-order valence-electron chi connectivity index (χ3n) is 2.97. The van der Waals surface area contributed by atoms with Gasteiger partial charge >= 0.3 is 0 Å². The van der Waals surface area contributed by atoms with Gasteiger partial charge < -0.3 is 5.32 Å². The van der Waals surface area contributed by atoms with E-state index in [9.17, 15) is 0 Å². The van der Waals surface area contributed by atoms with Crippen LogP contribution in [-0.2, 0) is 5.41 Å². The summed E-state index contributed by atoms with van der Waals surface area (Å²) in [6.45, 7) is 5.13. The SMILES string of the molecule is CC(C)(CNc1nc(Cl)ncc1Br)c1ccccc1. The molecule has 0 aliphatic rings. The lowest BCUT2D eigenvalue weighted by atomic mass is 9.85. The molecule has 0 saturated carbocycles. The summed E-state index contributed by atoms with van der Waals surface area (Å²) in [4.78, 5) is 8.08. The van der Waals surface area contributed by atoms with Gasteiger partial charge in [0, 0.05) is 18.2 Å². The van der Waals surface area contributed by atoms with E-state index in [0.29, 0.717) is 5.82 Å². The number of benzene rings is 1. The van der Waals surface area contributed by atoms with E-state index in [4.69, 9.17) is 11.6 Å². The van der Waals surface area contributed by atoms with Crippen molar-refractivity contribution in [2.45, 2.75) is 19.3 Å². The van der Waals surface area contributed by atoms with E-state index in [1.165, 1.54) is 5.56 Å². The summed E-state index contributed by atoms with van der Waals surface area (Å²) in [6.07, 6.45) is 1.65. The zero-order chi connectivity index (χ0) is 13.9. The highest BCUT2D eigenvalue weighted by molar-refractivity contribution is 9.10. The van der Waals surface area contributed by atoms with Crippen molar-refractivity contribution >= 4 is 33.3 Å². The molecule has 1 N–H and O–H groups in total. The first-order valence-corrected chi connectivity index (χ1v) is 7.13. The van der Waals surface area contributed by atoms with E-state index >= 15 is 0 Å². The molecule has 0 radical (unpaired) electrons. The van der Waals surface area contributed by atoms with Gasteiger partial charge in [0.05, 0.1) is 4.47 Å². The Bertz CT molecular complexity index is 558. The molecule has 2 rings (SSSR count). The van der Waals surface area contributed by atoms with Gasteiger partial charge in [-0.2, -0.15) is 4.98 Å². The summed E-state index contributed by atoms with van der Waals surface area (Å²) in [5, 5.41) is 3.55. The second kappa shape index (κ2) is 5.88. The molecule has 3 nitrogen and oxygen atoms in total. The van der Waals surface area contributed by atoms with Crippen LogP contribution in [0.2, 0.25) is 5.28 Å². The summed E-state index contributed by atoms with van der Waals surface area (Å²) in [5.74, 6) is 0.712. The smallest absolute Gasteiger partial charge is 0.224 e. The van der Waals surface area contributed by atoms with Crippen molar-refractivity contribution in [1.82, 2.24) is 9.97 Å². The molecule has 0 spiro atoms. The molecule has 100 valence electrons. The number of aromatic nitrogens is 2. The molecule has 0 fully saturated rings. The monoisotopic (exact) mass is 339 g/mol. The number of rotatable bonds is 4. The summed E-state index contributed by atoms with van der Waals surface area (Å²) >= 11 is 9.21. The number of hydrogen-bond acceptors (Lipinski definition) is 3. The normalized spacial score (nSPS) is 11.4. The van der Waals surface area contributed by atoms with Crippen molar-refractivity contribution in [1.29, 1.82) is 0 Å². The zero-order valence-corrected chi connectivity index (χ0v) is 13.2. The molecule has 1 aromatic heterocycles. The average molecular weight is 341 g/mol. The number of nitrogens with zero attached hydrogens (tertiary/aromatic N) is 2. The molecule has 0 atom stereocenters. The van der Waals surface area contributed by atoms with Crippen molar-refractivity contribution in [2.24, 2.45) is 0 Å². The summed E-state index contributed by atoms with van der Waals surface area (Å²) < 4.78 is 0.806. The van der Waals surface area contributed by atoms with Gasteiger partial charge in [0.1, 0.15) is 5.82 Å². The molecule has 0 aliphatic carbocycles. The van der Waals surface area contributed by atoms with Gasteiger partial charge in [-0.05, 0) is 33.1 Å². The Labute approximate surface area is 126 Å². The third-order valence-corrected chi connectivity index (χ3v) is 3.73. The largest absolute Gasteiger partial charge is 0.368 e. The van der Waals surface area contributed by atoms with E-state index in [-0.39, 0.29) is 10.7 Å². The maximum Gasteiger partial charge on any atom is 0.224 e. The maximum atomic E-state index is 5.80. The first-order chi connectivity index (χ1) is 8.99. The highest BCUT2D eigenvalue weighted by Gasteiger charge is 2.20. The summed E-state index contributed by atoms with van der Waals surface area (Å²) in [5.41, 5.74) is 1.27. The lowest BCUT2D eigenvalue weighted by Crippen LogP contribution is -2.28. The Balaban J connectivity index is 2.12. The van der Waals surface area contributed by atoms with Gasteiger partial charge in [-0.1, -0.05) is 44.2 Å². The van der Waals surface area contributed by atoms with E-state index in [1.807, 2.05) is 6.07 Å². The van der Waals surface area contributed by atoms with Crippen LogP contribution in [0.25, 0.3) is 0 Å². The molecule has 19 heavy (non-hydrogen) atoms. The van der Waals surface area contributed by atoms with Gasteiger partial charge in [-0.25, -0.2) is 4.98 Å². The van der Waals surface area contributed by atoms with Crippen molar-refractivity contribution in [3.05, 3.63) is 51.8 Å². The van der Waals surface area contributed by atoms with E-state index in [1.54, 1.807) is 6.20 Å². The molecular weight excluding hydrogens is 326 g/mol. The van der Waals surface area contributed by atoms with Crippen LogP contribution in [0.15, 0.2) is 41.0 Å². The molecular formula is C14H15BrClN3. The lowest BCUT2D eigenvalue weighted by molar-refractivity contribution is 0.556. The number of nitrogens with one attached hydrogen (secondary N) is 1. The predicted octanol–water partition coefficient (Wildman–Crippen LogP) is 4.28. The van der Waals surface area contributed by atoms with E-state index in [2.05, 4.69) is 69.3 Å². The molecule has 0 saturated heterocycles. The van der Waals surface area contributed by atoms with Crippen LogP contribution in [0.3, 0.4) is 0 Å². The third kappa shape index (κ3) is 3.67. The fourth-order valence-electron chi connectivity index (χ4n) is 1.77. The van der Waals surface area contributed by atoms with Crippen LogP contribution < -0.4 is 5.32 Å². The Morgan fingerprint density at radius 2 is 1.95 bits per heavy atom. The van der Waals surface area contributed by atoms with Crippen LogP contribution in [0.4, 0.5) is 5.82 Å². The van der Waals surface area contributed by atoms with Crippen molar-refractivity contribution in [3.8, 4) is 0 Å². The molecule has 0 unspecified atom stereocenters. The number of hydrogen-bond donors (Lipinski definition) is 1. The quantitative estimate of drug-likeness (QED) is 0.844. The first kappa shape index (κ1) is 14.3. The van der Waals surface area contributed by atoms with Crippen LogP contribution in [0.1, 0.15) is 19.4 Å².